The Balaban J connectivity index is 2.22. The number of rotatable bonds is 2. The molecule has 0 bridgehead atoms. The third-order valence-corrected chi connectivity index (χ3v) is 3.39. The van der Waals surface area contributed by atoms with E-state index in [4.69, 9.17) is 28.9 Å². The number of aromatic nitrogens is 4. The molecule has 2 aromatic heterocycles. The van der Waals surface area contributed by atoms with Crippen LogP contribution >= 0.6 is 23.2 Å². The average molecular weight is 306 g/mol. The molecule has 0 unspecified atom stereocenters. The summed E-state index contributed by atoms with van der Waals surface area (Å²) < 4.78 is 0. The number of benzene rings is 1. The van der Waals surface area contributed by atoms with Crippen molar-refractivity contribution in [1.29, 1.82) is 0 Å². The highest BCUT2D eigenvalue weighted by Gasteiger charge is 2.17. The number of aromatic amines is 1. The minimum absolute atomic E-state index is 0.355. The lowest BCUT2D eigenvalue weighted by Crippen LogP contribution is -1.90. The van der Waals surface area contributed by atoms with Crippen molar-refractivity contribution in [3.05, 3.63) is 47.0 Å². The van der Waals surface area contributed by atoms with E-state index in [0.717, 1.165) is 11.1 Å². The molecule has 0 aliphatic carbocycles. The fourth-order valence-electron chi connectivity index (χ4n) is 1.96. The second-order valence-corrected chi connectivity index (χ2v) is 4.95. The number of hydrogen-bond donors (Lipinski definition) is 2. The van der Waals surface area contributed by atoms with Crippen LogP contribution in [0.15, 0.2) is 36.9 Å². The maximum Gasteiger partial charge on any atom is 0.153 e. The van der Waals surface area contributed by atoms with E-state index >= 15 is 0 Å². The molecule has 7 heteroatoms. The van der Waals surface area contributed by atoms with E-state index < -0.39 is 0 Å². The highest BCUT2D eigenvalue weighted by atomic mass is 35.5. The van der Waals surface area contributed by atoms with E-state index in [2.05, 4.69) is 20.2 Å². The maximum atomic E-state index is 6.24. The first kappa shape index (κ1) is 12.9. The number of hydrogen-bond acceptors (Lipinski definition) is 4. The van der Waals surface area contributed by atoms with Gasteiger partial charge in [0.15, 0.2) is 5.82 Å². The van der Waals surface area contributed by atoms with Crippen molar-refractivity contribution in [3.8, 4) is 22.4 Å². The van der Waals surface area contributed by atoms with Gasteiger partial charge in [0.05, 0.1) is 16.3 Å². The zero-order valence-corrected chi connectivity index (χ0v) is 11.7. The molecule has 1 aromatic carbocycles. The minimum Gasteiger partial charge on any atom is -0.382 e. The molecule has 0 saturated carbocycles. The summed E-state index contributed by atoms with van der Waals surface area (Å²) in [6.07, 6.45) is 4.80. The van der Waals surface area contributed by atoms with Crippen molar-refractivity contribution in [2.24, 2.45) is 0 Å². The lowest BCUT2D eigenvalue weighted by molar-refractivity contribution is 1.09. The van der Waals surface area contributed by atoms with Crippen LogP contribution in [0.4, 0.5) is 5.82 Å². The van der Waals surface area contributed by atoms with Crippen LogP contribution in [0.5, 0.6) is 0 Å². The molecule has 0 amide bonds. The maximum absolute atomic E-state index is 6.24. The molecular formula is C13H9Cl2N5. The minimum atomic E-state index is 0.355. The molecule has 0 aliphatic rings. The highest BCUT2D eigenvalue weighted by molar-refractivity contribution is 6.36. The van der Waals surface area contributed by atoms with Gasteiger partial charge in [-0.15, -0.1) is 0 Å². The molecule has 0 fully saturated rings. The summed E-state index contributed by atoms with van der Waals surface area (Å²) in [6.45, 7) is 0. The molecule has 3 rings (SSSR count). The van der Waals surface area contributed by atoms with E-state index in [1.54, 1.807) is 30.6 Å². The average Bonchev–Trinajstić information content (AvgIpc) is 2.82. The molecule has 3 N–H and O–H groups in total. The van der Waals surface area contributed by atoms with Gasteiger partial charge < -0.3 is 5.73 Å². The van der Waals surface area contributed by atoms with Gasteiger partial charge in [0, 0.05) is 28.5 Å². The van der Waals surface area contributed by atoms with Crippen LogP contribution in [-0.4, -0.2) is 20.2 Å². The van der Waals surface area contributed by atoms with Gasteiger partial charge >= 0.3 is 0 Å². The fourth-order valence-corrected chi connectivity index (χ4v) is 2.46. The van der Waals surface area contributed by atoms with Gasteiger partial charge in [-0.05, 0) is 12.1 Å². The van der Waals surface area contributed by atoms with E-state index in [9.17, 15) is 0 Å². The lowest BCUT2D eigenvalue weighted by Gasteiger charge is -2.06. The van der Waals surface area contributed by atoms with Crippen molar-refractivity contribution in [2.75, 3.05) is 5.73 Å². The lowest BCUT2D eigenvalue weighted by atomic mass is 10.0. The van der Waals surface area contributed by atoms with Crippen molar-refractivity contribution >= 4 is 29.0 Å². The monoisotopic (exact) mass is 305 g/mol. The molecule has 0 aliphatic heterocycles. The predicted octanol–water partition coefficient (Wildman–Crippen LogP) is 3.42. The topological polar surface area (TPSA) is 80.5 Å². The second-order valence-electron chi connectivity index (χ2n) is 4.11. The Morgan fingerprint density at radius 1 is 1.10 bits per heavy atom. The highest BCUT2D eigenvalue weighted by Crippen LogP contribution is 2.38. The first-order chi connectivity index (χ1) is 9.66. The van der Waals surface area contributed by atoms with Crippen LogP contribution in [0.2, 0.25) is 10.0 Å². The van der Waals surface area contributed by atoms with E-state index in [1.165, 1.54) is 6.33 Å². The Morgan fingerprint density at radius 3 is 2.55 bits per heavy atom. The van der Waals surface area contributed by atoms with E-state index in [-0.39, 0.29) is 0 Å². The molecule has 5 nitrogen and oxygen atoms in total. The van der Waals surface area contributed by atoms with Gasteiger partial charge in [0.25, 0.3) is 0 Å². The Kier molecular flexibility index (Phi) is 3.30. The molecule has 100 valence electrons. The van der Waals surface area contributed by atoms with Gasteiger partial charge in [0.1, 0.15) is 6.33 Å². The standard InChI is InChI=1S/C13H9Cl2N5/c14-8-1-2-9(10(15)3-8)11-12(19-20-13(11)16)7-4-17-6-18-5-7/h1-6H,(H3,16,19,20). The van der Waals surface area contributed by atoms with Gasteiger partial charge in [-0.2, -0.15) is 5.10 Å². The Labute approximate surface area is 124 Å². The quantitative estimate of drug-likeness (QED) is 0.760. The molecule has 0 radical (unpaired) electrons. The Bertz CT molecular complexity index is 755. The largest absolute Gasteiger partial charge is 0.382 e. The van der Waals surface area contributed by atoms with Crippen molar-refractivity contribution in [1.82, 2.24) is 20.2 Å². The number of nitrogens with two attached hydrogens (primary N) is 1. The number of nitrogens with zero attached hydrogens (tertiary/aromatic N) is 3. The summed E-state index contributed by atoms with van der Waals surface area (Å²) in [6, 6.07) is 5.22. The third-order valence-electron chi connectivity index (χ3n) is 2.84. The van der Waals surface area contributed by atoms with Crippen LogP contribution in [0.1, 0.15) is 0 Å². The first-order valence-electron chi connectivity index (χ1n) is 5.71. The SMILES string of the molecule is Nc1n[nH]c(-c2cncnc2)c1-c1ccc(Cl)cc1Cl. The van der Waals surface area contributed by atoms with Gasteiger partial charge in [-0.1, -0.05) is 29.3 Å². The number of halogens is 2. The van der Waals surface area contributed by atoms with Gasteiger partial charge in [0.2, 0.25) is 0 Å². The van der Waals surface area contributed by atoms with E-state index in [0.29, 0.717) is 27.1 Å². The molecule has 20 heavy (non-hydrogen) atoms. The second kappa shape index (κ2) is 5.11. The molecule has 3 aromatic rings. The predicted molar refractivity (Wildman–Crippen MR) is 79.5 cm³/mol. The van der Waals surface area contributed by atoms with E-state index in [1.807, 2.05) is 0 Å². The summed E-state index contributed by atoms with van der Waals surface area (Å²) in [5, 5.41) is 7.99. The summed E-state index contributed by atoms with van der Waals surface area (Å²) in [5.41, 5.74) is 8.89. The molecule has 0 saturated heterocycles. The summed E-state index contributed by atoms with van der Waals surface area (Å²) in [7, 11) is 0. The normalized spacial score (nSPS) is 10.7. The number of H-pyrrole nitrogens is 1. The first-order valence-corrected chi connectivity index (χ1v) is 6.47. The van der Waals surface area contributed by atoms with Crippen LogP contribution in [-0.2, 0) is 0 Å². The van der Waals surface area contributed by atoms with Crippen LogP contribution in [0.25, 0.3) is 22.4 Å². The fraction of sp³-hybridized carbons (Fsp3) is 0. The van der Waals surface area contributed by atoms with Crippen LogP contribution in [0.3, 0.4) is 0 Å². The smallest absolute Gasteiger partial charge is 0.153 e. The Morgan fingerprint density at radius 2 is 1.85 bits per heavy atom. The molecular weight excluding hydrogens is 297 g/mol. The summed E-state index contributed by atoms with van der Waals surface area (Å²) in [4.78, 5) is 7.98. The zero-order valence-electron chi connectivity index (χ0n) is 10.1. The number of nitrogen functional groups attached to an aromatic ring is 1. The summed E-state index contributed by atoms with van der Waals surface area (Å²) in [5.74, 6) is 0.355. The summed E-state index contributed by atoms with van der Waals surface area (Å²) >= 11 is 12.2. The Hall–Kier alpha value is -2.11. The van der Waals surface area contributed by atoms with Crippen molar-refractivity contribution in [2.45, 2.75) is 0 Å². The molecule has 0 atom stereocenters. The van der Waals surface area contributed by atoms with Gasteiger partial charge in [-0.3, -0.25) is 5.10 Å². The van der Waals surface area contributed by atoms with Crippen LogP contribution in [0, 0.1) is 0 Å². The van der Waals surface area contributed by atoms with Crippen molar-refractivity contribution < 1.29 is 0 Å². The number of anilines is 1. The van der Waals surface area contributed by atoms with Gasteiger partial charge in [-0.25, -0.2) is 9.97 Å². The zero-order chi connectivity index (χ0) is 14.1. The van der Waals surface area contributed by atoms with Crippen molar-refractivity contribution in [3.63, 3.8) is 0 Å². The third kappa shape index (κ3) is 2.21. The number of nitrogens with one attached hydrogen (secondary N) is 1. The molecule has 0 spiro atoms. The molecule has 2 heterocycles. The van der Waals surface area contributed by atoms with Crippen LogP contribution < -0.4 is 5.73 Å².